The van der Waals surface area contributed by atoms with Crippen molar-refractivity contribution in [2.75, 3.05) is 9.80 Å². The van der Waals surface area contributed by atoms with Crippen LogP contribution in [0.5, 0.6) is 11.5 Å². The summed E-state index contributed by atoms with van der Waals surface area (Å²) >= 11 is 6.10. The van der Waals surface area contributed by atoms with Gasteiger partial charge in [0.2, 0.25) is 23.6 Å². The van der Waals surface area contributed by atoms with Gasteiger partial charge in [-0.25, -0.2) is 14.1 Å². The molecule has 0 spiro atoms. The number of benzene rings is 4. The number of rotatable bonds is 7. The van der Waals surface area contributed by atoms with E-state index in [1.807, 2.05) is 36.4 Å². The van der Waals surface area contributed by atoms with Crippen LogP contribution in [0.3, 0.4) is 0 Å². The highest BCUT2D eigenvalue weighted by Gasteiger charge is 2.68. The summed E-state index contributed by atoms with van der Waals surface area (Å²) < 4.78 is 20.2. The van der Waals surface area contributed by atoms with E-state index in [4.69, 9.17) is 16.3 Å². The van der Waals surface area contributed by atoms with Gasteiger partial charge < -0.3 is 14.9 Å². The molecule has 6 atom stereocenters. The third-order valence-corrected chi connectivity index (χ3v) is 11.6. The molecule has 2 aliphatic carbocycles. The van der Waals surface area contributed by atoms with Crippen LogP contribution < -0.4 is 14.5 Å². The summed E-state index contributed by atoms with van der Waals surface area (Å²) in [6.45, 7) is 1.91. The molecule has 12 heteroatoms. The fourth-order valence-electron chi connectivity index (χ4n) is 8.86. The van der Waals surface area contributed by atoms with Gasteiger partial charge in [-0.2, -0.15) is 0 Å². The van der Waals surface area contributed by atoms with Gasteiger partial charge in [-0.1, -0.05) is 65.7 Å². The van der Waals surface area contributed by atoms with Gasteiger partial charge in [-0.3, -0.25) is 24.1 Å². The van der Waals surface area contributed by atoms with Crippen LogP contribution in [0, 0.1) is 34.9 Å². The molecule has 4 aromatic rings. The number of aromatic hydroxyl groups is 1. The standard InChI is InChI=1S/C41H32ClFN2O8/c1-41-30(37(48)45(40(41)52)24-10-15-32(43)31(42)17-24)19-29-26(35(41)27-12-11-25(18-33(27)46)53-20-21-6-3-2-4-7-21)13-14-28-34(29)38(49)44(36(28)47)23-9-5-8-22(16-23)39(50)51/h2-13,15-18,28-30,34-35,46H,14,19-20H2,1H3,(H,50,51)/t28-,29+,30-,34-,35+,41+/m0/s1. The summed E-state index contributed by atoms with van der Waals surface area (Å²) in [5.74, 6) is -8.25. The number of nitrogens with zero attached hydrogens (tertiary/aromatic N) is 2. The highest BCUT2D eigenvalue weighted by atomic mass is 35.5. The molecule has 4 aromatic carbocycles. The first-order chi connectivity index (χ1) is 25.4. The lowest BCUT2D eigenvalue weighted by atomic mass is 9.51. The molecule has 2 heterocycles. The van der Waals surface area contributed by atoms with Crippen LogP contribution in [0.4, 0.5) is 15.8 Å². The van der Waals surface area contributed by atoms with Crippen LogP contribution in [0.15, 0.2) is 103 Å². The minimum absolute atomic E-state index is 0.0387. The number of phenols is 1. The Bertz CT molecular complexity index is 2280. The highest BCUT2D eigenvalue weighted by Crippen LogP contribution is 2.64. The van der Waals surface area contributed by atoms with Crippen LogP contribution in [0.25, 0.3) is 0 Å². The zero-order valence-corrected chi connectivity index (χ0v) is 29.0. The molecule has 10 nitrogen and oxygen atoms in total. The van der Waals surface area contributed by atoms with Crippen molar-refractivity contribution in [3.05, 3.63) is 130 Å². The summed E-state index contributed by atoms with van der Waals surface area (Å²) in [6, 6.07) is 23.4. The first-order valence-electron chi connectivity index (χ1n) is 17.1. The molecule has 0 radical (unpaired) electrons. The molecule has 4 aliphatic rings. The third-order valence-electron chi connectivity index (χ3n) is 11.3. The predicted octanol–water partition coefficient (Wildman–Crippen LogP) is 6.90. The molecule has 1 saturated carbocycles. The van der Waals surface area contributed by atoms with Crippen molar-refractivity contribution in [3.8, 4) is 11.5 Å². The van der Waals surface area contributed by atoms with Crippen molar-refractivity contribution in [1.82, 2.24) is 0 Å². The number of hydrogen-bond donors (Lipinski definition) is 2. The van der Waals surface area contributed by atoms with Gasteiger partial charge in [-0.05, 0) is 73.7 Å². The lowest BCUT2D eigenvalue weighted by Crippen LogP contribution is -2.48. The van der Waals surface area contributed by atoms with E-state index in [9.17, 15) is 38.6 Å². The van der Waals surface area contributed by atoms with E-state index < -0.39 is 70.4 Å². The first kappa shape index (κ1) is 34.3. The molecule has 268 valence electrons. The second-order valence-electron chi connectivity index (χ2n) is 14.1. The van der Waals surface area contributed by atoms with Crippen molar-refractivity contribution < 1.29 is 43.3 Å². The normalized spacial score (nSPS) is 26.2. The molecule has 8 rings (SSSR count). The summed E-state index contributed by atoms with van der Waals surface area (Å²) in [5, 5.41) is 21.0. The smallest absolute Gasteiger partial charge is 0.335 e. The van der Waals surface area contributed by atoms with Crippen molar-refractivity contribution in [2.45, 2.75) is 32.3 Å². The average Bonchev–Trinajstić information content (AvgIpc) is 3.52. The van der Waals surface area contributed by atoms with Gasteiger partial charge in [-0.15, -0.1) is 0 Å². The van der Waals surface area contributed by atoms with E-state index in [1.165, 1.54) is 42.5 Å². The Kier molecular flexibility index (Phi) is 8.21. The number of hydrogen-bond acceptors (Lipinski definition) is 7. The molecular weight excluding hydrogens is 703 g/mol. The molecule has 2 aliphatic heterocycles. The number of fused-ring (bicyclic) bond motifs is 4. The maximum absolute atomic E-state index is 14.7. The SMILES string of the molecule is C[C@@]12C(=O)N(c3ccc(F)c(Cl)c3)C(=O)[C@@H]1C[C@@H]1C(=CC[C@@H]3C(=O)N(c4cccc(C(=O)O)c4)C(=O)[C@@H]31)[C@@H]2c1ccc(OCc2ccccc2)cc1O. The summed E-state index contributed by atoms with van der Waals surface area (Å²) in [7, 11) is 0. The number of anilines is 2. The average molecular weight is 735 g/mol. The number of aromatic carboxylic acids is 1. The van der Waals surface area contributed by atoms with Gasteiger partial charge in [0.15, 0.2) is 0 Å². The van der Waals surface area contributed by atoms with Crippen molar-refractivity contribution in [1.29, 1.82) is 0 Å². The number of amides is 4. The molecule has 53 heavy (non-hydrogen) atoms. The molecule has 4 amide bonds. The molecule has 2 saturated heterocycles. The van der Waals surface area contributed by atoms with Gasteiger partial charge in [0, 0.05) is 17.5 Å². The quantitative estimate of drug-likeness (QED) is 0.154. The Balaban J connectivity index is 1.22. The van der Waals surface area contributed by atoms with Crippen molar-refractivity contribution in [2.24, 2.45) is 29.1 Å². The topological polar surface area (TPSA) is 142 Å². The number of carbonyl (C=O) groups excluding carboxylic acids is 4. The number of carboxylic acid groups (broad SMARTS) is 1. The Hall–Kier alpha value is -5.81. The summed E-state index contributed by atoms with van der Waals surface area (Å²) in [6.07, 6.45) is 2.03. The van der Waals surface area contributed by atoms with E-state index in [-0.39, 0.29) is 47.2 Å². The predicted molar refractivity (Wildman–Crippen MR) is 191 cm³/mol. The fraction of sp³-hybridized carbons (Fsp3) is 0.244. The van der Waals surface area contributed by atoms with E-state index in [0.29, 0.717) is 16.9 Å². The van der Waals surface area contributed by atoms with Crippen molar-refractivity contribution >= 4 is 52.6 Å². The summed E-state index contributed by atoms with van der Waals surface area (Å²) in [5.41, 5.74) is 0.539. The second-order valence-corrected chi connectivity index (χ2v) is 14.5. The fourth-order valence-corrected chi connectivity index (χ4v) is 9.04. The Labute approximate surface area is 308 Å². The number of carboxylic acids is 1. The van der Waals surface area contributed by atoms with Crippen molar-refractivity contribution in [3.63, 3.8) is 0 Å². The zero-order chi connectivity index (χ0) is 37.3. The minimum atomic E-state index is -1.47. The number of carbonyl (C=O) groups is 5. The second kappa shape index (κ2) is 12.7. The van der Waals surface area contributed by atoms with Gasteiger partial charge in [0.05, 0.1) is 45.1 Å². The first-order valence-corrected chi connectivity index (χ1v) is 17.5. The highest BCUT2D eigenvalue weighted by molar-refractivity contribution is 6.32. The lowest BCUT2D eigenvalue weighted by molar-refractivity contribution is -0.131. The largest absolute Gasteiger partial charge is 0.508 e. The molecule has 0 unspecified atom stereocenters. The molecule has 3 fully saturated rings. The van der Waals surface area contributed by atoms with Gasteiger partial charge >= 0.3 is 5.97 Å². The Morgan fingerprint density at radius 1 is 0.887 bits per heavy atom. The summed E-state index contributed by atoms with van der Waals surface area (Å²) in [4.78, 5) is 71.2. The zero-order valence-electron chi connectivity index (χ0n) is 28.2. The van der Waals surface area contributed by atoms with E-state index in [0.717, 1.165) is 21.4 Å². The van der Waals surface area contributed by atoms with E-state index >= 15 is 0 Å². The lowest BCUT2D eigenvalue weighted by Gasteiger charge is -2.49. The van der Waals surface area contributed by atoms with E-state index in [1.54, 1.807) is 19.1 Å². The molecule has 0 bridgehead atoms. The molecular formula is C41H32ClFN2O8. The van der Waals surface area contributed by atoms with Crippen LogP contribution in [0.2, 0.25) is 5.02 Å². The Morgan fingerprint density at radius 2 is 1.64 bits per heavy atom. The van der Waals surface area contributed by atoms with Gasteiger partial charge in [0.25, 0.3) is 0 Å². The molecule has 0 aromatic heterocycles. The number of phenolic OH excluding ortho intramolecular Hbond substituents is 1. The van der Waals surface area contributed by atoms with E-state index in [2.05, 4.69) is 0 Å². The molecule has 2 N–H and O–H groups in total. The van der Waals surface area contributed by atoms with Gasteiger partial charge in [0.1, 0.15) is 23.9 Å². The third kappa shape index (κ3) is 5.32. The number of ether oxygens (including phenoxy) is 1. The maximum Gasteiger partial charge on any atom is 0.335 e. The maximum atomic E-state index is 14.7. The Morgan fingerprint density at radius 3 is 2.36 bits per heavy atom. The number of imide groups is 2. The minimum Gasteiger partial charge on any atom is -0.508 e. The monoisotopic (exact) mass is 734 g/mol. The van der Waals surface area contributed by atoms with Crippen LogP contribution >= 0.6 is 11.6 Å². The van der Waals surface area contributed by atoms with Crippen LogP contribution in [-0.4, -0.2) is 39.8 Å². The number of halogens is 2. The number of allylic oxidation sites excluding steroid dienone is 2. The van der Waals surface area contributed by atoms with Crippen LogP contribution in [0.1, 0.15) is 47.2 Å². The van der Waals surface area contributed by atoms with Crippen LogP contribution in [-0.2, 0) is 25.8 Å².